The average molecular weight is 344 g/mol. The fraction of sp³-hybridized carbons (Fsp3) is 0.500. The maximum atomic E-state index is 13.2. The van der Waals surface area contributed by atoms with Crippen molar-refractivity contribution in [2.24, 2.45) is 0 Å². The standard InChI is InChI=1S/C18H24N4O3/c1-18(2)11-21(9-15(25-18)10-24-3)17(23)16-7-5-4-6-14(16)8-22-13-19-12-20-22/h4-7,12-13,15H,8-11H2,1-3H3/t15-/m1/s1. The van der Waals surface area contributed by atoms with Crippen molar-refractivity contribution in [1.82, 2.24) is 19.7 Å². The van der Waals surface area contributed by atoms with Gasteiger partial charge >= 0.3 is 0 Å². The zero-order chi connectivity index (χ0) is 17.9. The van der Waals surface area contributed by atoms with Gasteiger partial charge in [0, 0.05) is 25.8 Å². The molecule has 0 bridgehead atoms. The van der Waals surface area contributed by atoms with Gasteiger partial charge in [-0.1, -0.05) is 18.2 Å². The molecule has 1 fully saturated rings. The number of methoxy groups -OCH3 is 1. The van der Waals surface area contributed by atoms with E-state index in [0.717, 1.165) is 5.56 Å². The van der Waals surface area contributed by atoms with Crippen LogP contribution in [0.2, 0.25) is 0 Å². The smallest absolute Gasteiger partial charge is 0.254 e. The number of nitrogens with zero attached hydrogens (tertiary/aromatic N) is 4. The van der Waals surface area contributed by atoms with Crippen molar-refractivity contribution in [2.45, 2.75) is 32.1 Å². The maximum absolute atomic E-state index is 13.2. The number of carbonyl (C=O) groups is 1. The Morgan fingerprint density at radius 3 is 2.92 bits per heavy atom. The second kappa shape index (κ2) is 7.33. The molecule has 3 rings (SSSR count). The average Bonchev–Trinajstić information content (AvgIpc) is 3.06. The Kier molecular flexibility index (Phi) is 5.15. The molecule has 7 heteroatoms. The molecular weight excluding hydrogens is 320 g/mol. The highest BCUT2D eigenvalue weighted by Crippen LogP contribution is 2.24. The number of aromatic nitrogens is 3. The Balaban J connectivity index is 1.82. The van der Waals surface area contributed by atoms with E-state index in [9.17, 15) is 4.79 Å². The largest absolute Gasteiger partial charge is 0.382 e. The van der Waals surface area contributed by atoms with Crippen molar-refractivity contribution >= 4 is 5.91 Å². The van der Waals surface area contributed by atoms with Crippen molar-refractivity contribution in [3.8, 4) is 0 Å². The van der Waals surface area contributed by atoms with Crippen LogP contribution in [0.1, 0.15) is 29.8 Å². The molecule has 0 saturated carbocycles. The zero-order valence-corrected chi connectivity index (χ0v) is 14.9. The fourth-order valence-corrected chi connectivity index (χ4v) is 3.25. The summed E-state index contributed by atoms with van der Waals surface area (Å²) in [7, 11) is 1.64. The molecule has 1 saturated heterocycles. The Labute approximate surface area is 147 Å². The Morgan fingerprint density at radius 1 is 1.40 bits per heavy atom. The van der Waals surface area contributed by atoms with Crippen LogP contribution < -0.4 is 0 Å². The van der Waals surface area contributed by atoms with Crippen LogP contribution in [0.5, 0.6) is 0 Å². The van der Waals surface area contributed by atoms with E-state index < -0.39 is 5.60 Å². The molecule has 2 heterocycles. The summed E-state index contributed by atoms with van der Waals surface area (Å²) in [4.78, 5) is 19.0. The summed E-state index contributed by atoms with van der Waals surface area (Å²) < 4.78 is 12.9. The van der Waals surface area contributed by atoms with Gasteiger partial charge in [0.05, 0.1) is 24.9 Å². The first-order chi connectivity index (χ1) is 12.0. The molecule has 0 spiro atoms. The van der Waals surface area contributed by atoms with Gasteiger partial charge in [0.15, 0.2) is 0 Å². The van der Waals surface area contributed by atoms with Gasteiger partial charge in [-0.25, -0.2) is 9.67 Å². The lowest BCUT2D eigenvalue weighted by atomic mass is 10.0. The van der Waals surface area contributed by atoms with Crippen molar-refractivity contribution in [3.05, 3.63) is 48.0 Å². The molecule has 1 aromatic carbocycles. The molecule has 134 valence electrons. The molecule has 1 aliphatic rings. The van der Waals surface area contributed by atoms with Gasteiger partial charge in [0.1, 0.15) is 12.7 Å². The third kappa shape index (κ3) is 4.24. The van der Waals surface area contributed by atoms with E-state index in [1.54, 1.807) is 18.1 Å². The van der Waals surface area contributed by atoms with Crippen LogP contribution in [0, 0.1) is 0 Å². The quantitative estimate of drug-likeness (QED) is 0.824. The minimum absolute atomic E-state index is 0.00759. The molecule has 0 unspecified atom stereocenters. The predicted octanol–water partition coefficient (Wildman–Crippen LogP) is 1.59. The molecule has 25 heavy (non-hydrogen) atoms. The van der Waals surface area contributed by atoms with E-state index in [0.29, 0.717) is 31.8 Å². The molecule has 1 amide bonds. The van der Waals surface area contributed by atoms with Gasteiger partial charge < -0.3 is 14.4 Å². The lowest BCUT2D eigenvalue weighted by molar-refractivity contribution is -0.143. The van der Waals surface area contributed by atoms with Gasteiger partial charge in [-0.05, 0) is 25.5 Å². The number of hydrogen-bond donors (Lipinski definition) is 0. The first kappa shape index (κ1) is 17.6. The van der Waals surface area contributed by atoms with Gasteiger partial charge in [-0.3, -0.25) is 4.79 Å². The number of ether oxygens (including phenoxy) is 2. The minimum Gasteiger partial charge on any atom is -0.382 e. The fourth-order valence-electron chi connectivity index (χ4n) is 3.25. The number of carbonyl (C=O) groups excluding carboxylic acids is 1. The van der Waals surface area contributed by atoms with Gasteiger partial charge in [0.25, 0.3) is 5.91 Å². The van der Waals surface area contributed by atoms with Gasteiger partial charge in [-0.2, -0.15) is 5.10 Å². The van der Waals surface area contributed by atoms with Crippen molar-refractivity contribution < 1.29 is 14.3 Å². The summed E-state index contributed by atoms with van der Waals surface area (Å²) in [6.45, 7) is 6.04. The predicted molar refractivity (Wildman–Crippen MR) is 92.3 cm³/mol. The van der Waals surface area contributed by atoms with Crippen molar-refractivity contribution in [2.75, 3.05) is 26.8 Å². The number of morpholine rings is 1. The van der Waals surface area contributed by atoms with Gasteiger partial charge in [0.2, 0.25) is 0 Å². The van der Waals surface area contributed by atoms with E-state index in [-0.39, 0.29) is 12.0 Å². The summed E-state index contributed by atoms with van der Waals surface area (Å²) in [5, 5.41) is 4.13. The lowest BCUT2D eigenvalue weighted by Crippen LogP contribution is -2.55. The van der Waals surface area contributed by atoms with E-state index in [2.05, 4.69) is 10.1 Å². The maximum Gasteiger partial charge on any atom is 0.254 e. The normalized spacial score (nSPS) is 19.8. The highest BCUT2D eigenvalue weighted by Gasteiger charge is 2.36. The minimum atomic E-state index is -0.405. The zero-order valence-electron chi connectivity index (χ0n) is 14.9. The lowest BCUT2D eigenvalue weighted by Gasteiger charge is -2.42. The summed E-state index contributed by atoms with van der Waals surface area (Å²) in [6.07, 6.45) is 3.01. The molecule has 1 atom stereocenters. The monoisotopic (exact) mass is 344 g/mol. The summed E-state index contributed by atoms with van der Waals surface area (Å²) in [6, 6.07) is 7.63. The first-order valence-electron chi connectivity index (χ1n) is 8.35. The van der Waals surface area contributed by atoms with Gasteiger partial charge in [-0.15, -0.1) is 0 Å². The number of hydrogen-bond acceptors (Lipinski definition) is 5. The van der Waals surface area contributed by atoms with E-state index in [1.165, 1.54) is 6.33 Å². The van der Waals surface area contributed by atoms with Crippen LogP contribution in [0.15, 0.2) is 36.9 Å². The number of amides is 1. The van der Waals surface area contributed by atoms with E-state index in [1.807, 2.05) is 43.0 Å². The third-order valence-corrected chi connectivity index (χ3v) is 4.17. The van der Waals surface area contributed by atoms with Crippen molar-refractivity contribution in [1.29, 1.82) is 0 Å². The van der Waals surface area contributed by atoms with Crippen LogP contribution >= 0.6 is 0 Å². The van der Waals surface area contributed by atoms with Crippen LogP contribution in [0.25, 0.3) is 0 Å². The summed E-state index contributed by atoms with van der Waals surface area (Å²) in [5.41, 5.74) is 1.20. The molecule has 0 aliphatic carbocycles. The number of benzene rings is 1. The number of rotatable bonds is 5. The van der Waals surface area contributed by atoms with Crippen LogP contribution in [0.3, 0.4) is 0 Å². The SMILES string of the molecule is COC[C@H]1CN(C(=O)c2ccccc2Cn2cncn2)CC(C)(C)O1. The van der Waals surface area contributed by atoms with E-state index in [4.69, 9.17) is 9.47 Å². The first-order valence-corrected chi connectivity index (χ1v) is 8.35. The van der Waals surface area contributed by atoms with Crippen LogP contribution in [-0.4, -0.2) is 64.1 Å². The highest BCUT2D eigenvalue weighted by molar-refractivity contribution is 5.95. The molecule has 2 aromatic rings. The highest BCUT2D eigenvalue weighted by atomic mass is 16.5. The second-order valence-corrected chi connectivity index (χ2v) is 6.89. The molecule has 0 N–H and O–H groups in total. The summed E-state index contributed by atoms with van der Waals surface area (Å²) >= 11 is 0. The topological polar surface area (TPSA) is 69.5 Å². The Bertz CT molecular complexity index is 715. The van der Waals surface area contributed by atoms with Crippen molar-refractivity contribution in [3.63, 3.8) is 0 Å². The van der Waals surface area contributed by atoms with Crippen LogP contribution in [0.4, 0.5) is 0 Å². The van der Waals surface area contributed by atoms with Crippen LogP contribution in [-0.2, 0) is 16.0 Å². The molecule has 1 aliphatic heterocycles. The molecular formula is C18H24N4O3. The third-order valence-electron chi connectivity index (χ3n) is 4.17. The Morgan fingerprint density at radius 2 is 2.20 bits per heavy atom. The molecule has 0 radical (unpaired) electrons. The Hall–Kier alpha value is -2.25. The van der Waals surface area contributed by atoms with E-state index >= 15 is 0 Å². The molecule has 7 nitrogen and oxygen atoms in total. The second-order valence-electron chi connectivity index (χ2n) is 6.89. The summed E-state index contributed by atoms with van der Waals surface area (Å²) in [5.74, 6) is 0.00759. The molecule has 1 aromatic heterocycles.